The fourth-order valence-corrected chi connectivity index (χ4v) is 4.28. The molecule has 0 atom stereocenters. The standard InChI is InChI=1S/C21H16N4O4S/c26-19(14-7-9-28-12-14)23-21-22-15-6-8-25(11-18(15)30-21)20(27)16-10-17(29-24-16)13-4-2-1-3-5-13/h1-5,7,9-10,12H,6,8,11H2,(H,22,23,26). The number of nitrogens with one attached hydrogen (secondary N) is 1. The lowest BCUT2D eigenvalue weighted by molar-refractivity contribution is 0.0725. The van der Waals surface area contributed by atoms with E-state index in [-0.39, 0.29) is 17.5 Å². The van der Waals surface area contributed by atoms with Crippen LogP contribution in [0.3, 0.4) is 0 Å². The van der Waals surface area contributed by atoms with Gasteiger partial charge in [0.15, 0.2) is 16.6 Å². The summed E-state index contributed by atoms with van der Waals surface area (Å²) >= 11 is 1.37. The number of thiazole rings is 1. The first kappa shape index (κ1) is 18.3. The molecule has 1 aromatic carbocycles. The molecule has 4 aromatic rings. The van der Waals surface area contributed by atoms with Crippen molar-refractivity contribution >= 4 is 28.3 Å². The fraction of sp³-hybridized carbons (Fsp3) is 0.143. The predicted molar refractivity (Wildman–Crippen MR) is 109 cm³/mol. The molecular formula is C21H16N4O4S. The first-order valence-corrected chi connectivity index (χ1v) is 10.1. The van der Waals surface area contributed by atoms with Gasteiger partial charge < -0.3 is 13.8 Å². The second-order valence-electron chi connectivity index (χ2n) is 6.77. The molecule has 0 saturated carbocycles. The number of benzene rings is 1. The van der Waals surface area contributed by atoms with Crippen LogP contribution in [0.5, 0.6) is 0 Å². The van der Waals surface area contributed by atoms with E-state index in [4.69, 9.17) is 8.94 Å². The number of amides is 2. The zero-order chi connectivity index (χ0) is 20.5. The number of nitrogens with zero attached hydrogens (tertiary/aromatic N) is 3. The summed E-state index contributed by atoms with van der Waals surface area (Å²) in [6, 6.07) is 12.8. The van der Waals surface area contributed by atoms with Crippen molar-refractivity contribution in [3.8, 4) is 11.3 Å². The van der Waals surface area contributed by atoms with Gasteiger partial charge in [-0.25, -0.2) is 4.98 Å². The van der Waals surface area contributed by atoms with Gasteiger partial charge in [-0.3, -0.25) is 14.9 Å². The molecule has 4 heterocycles. The van der Waals surface area contributed by atoms with Crippen LogP contribution < -0.4 is 5.32 Å². The number of hydrogen-bond acceptors (Lipinski definition) is 7. The number of fused-ring (bicyclic) bond motifs is 1. The number of aromatic nitrogens is 2. The fourth-order valence-electron chi connectivity index (χ4n) is 3.26. The van der Waals surface area contributed by atoms with E-state index in [1.165, 1.54) is 23.9 Å². The number of rotatable bonds is 4. The van der Waals surface area contributed by atoms with E-state index < -0.39 is 0 Å². The Morgan fingerprint density at radius 1 is 1.17 bits per heavy atom. The van der Waals surface area contributed by atoms with Crippen LogP contribution >= 0.6 is 11.3 Å². The van der Waals surface area contributed by atoms with Crippen LogP contribution in [0.4, 0.5) is 5.13 Å². The van der Waals surface area contributed by atoms with E-state index in [1.54, 1.807) is 17.0 Å². The topological polar surface area (TPSA) is 101 Å². The Kier molecular flexibility index (Phi) is 4.64. The second-order valence-corrected chi connectivity index (χ2v) is 7.86. The summed E-state index contributed by atoms with van der Waals surface area (Å²) in [6.07, 6.45) is 3.44. The minimum absolute atomic E-state index is 0.191. The summed E-state index contributed by atoms with van der Waals surface area (Å²) in [4.78, 5) is 32.2. The van der Waals surface area contributed by atoms with Gasteiger partial charge in [0.1, 0.15) is 6.26 Å². The van der Waals surface area contributed by atoms with Gasteiger partial charge in [0.2, 0.25) is 0 Å². The van der Waals surface area contributed by atoms with Crippen molar-refractivity contribution in [2.24, 2.45) is 0 Å². The average molecular weight is 420 g/mol. The summed E-state index contributed by atoms with van der Waals surface area (Å²) in [5, 5.41) is 7.24. The Morgan fingerprint density at radius 3 is 2.83 bits per heavy atom. The molecule has 1 aliphatic rings. The van der Waals surface area contributed by atoms with Gasteiger partial charge in [0.25, 0.3) is 11.8 Å². The normalized spacial score (nSPS) is 13.1. The zero-order valence-corrected chi connectivity index (χ0v) is 16.5. The van der Waals surface area contributed by atoms with Crippen molar-refractivity contribution in [2.75, 3.05) is 11.9 Å². The van der Waals surface area contributed by atoms with E-state index in [9.17, 15) is 9.59 Å². The molecule has 1 aliphatic heterocycles. The summed E-state index contributed by atoms with van der Waals surface area (Å²) in [5.74, 6) is 0.0847. The molecule has 0 bridgehead atoms. The highest BCUT2D eigenvalue weighted by molar-refractivity contribution is 7.15. The maximum absolute atomic E-state index is 12.9. The van der Waals surface area contributed by atoms with Crippen LogP contribution in [-0.4, -0.2) is 33.4 Å². The largest absolute Gasteiger partial charge is 0.472 e. The lowest BCUT2D eigenvalue weighted by atomic mass is 10.1. The van der Waals surface area contributed by atoms with E-state index >= 15 is 0 Å². The van der Waals surface area contributed by atoms with E-state index in [2.05, 4.69) is 15.5 Å². The third-order valence-electron chi connectivity index (χ3n) is 4.81. The van der Waals surface area contributed by atoms with Gasteiger partial charge in [-0.15, -0.1) is 0 Å². The Balaban J connectivity index is 1.29. The molecule has 0 unspecified atom stereocenters. The van der Waals surface area contributed by atoms with Gasteiger partial charge in [-0.2, -0.15) is 0 Å². The summed E-state index contributed by atoms with van der Waals surface area (Å²) in [7, 11) is 0. The van der Waals surface area contributed by atoms with Crippen LogP contribution in [-0.2, 0) is 13.0 Å². The first-order valence-electron chi connectivity index (χ1n) is 9.31. The van der Waals surface area contributed by atoms with Gasteiger partial charge in [0.05, 0.1) is 24.1 Å². The molecular weight excluding hydrogens is 404 g/mol. The van der Waals surface area contributed by atoms with Crippen LogP contribution in [0.25, 0.3) is 11.3 Å². The molecule has 5 rings (SSSR count). The Hall–Kier alpha value is -3.72. The first-order chi connectivity index (χ1) is 14.7. The molecule has 1 N–H and O–H groups in total. The van der Waals surface area contributed by atoms with Crippen molar-refractivity contribution in [2.45, 2.75) is 13.0 Å². The van der Waals surface area contributed by atoms with E-state index in [1.807, 2.05) is 30.3 Å². The monoisotopic (exact) mass is 420 g/mol. The second kappa shape index (κ2) is 7.60. The molecule has 3 aromatic heterocycles. The van der Waals surface area contributed by atoms with Gasteiger partial charge in [-0.05, 0) is 6.07 Å². The Bertz CT molecular complexity index is 1200. The lowest BCUT2D eigenvalue weighted by Crippen LogP contribution is -2.35. The predicted octanol–water partition coefficient (Wildman–Crippen LogP) is 3.84. The highest BCUT2D eigenvalue weighted by Gasteiger charge is 2.27. The molecule has 9 heteroatoms. The minimum atomic E-state index is -0.279. The molecule has 0 saturated heterocycles. The molecule has 2 amide bonds. The molecule has 0 radical (unpaired) electrons. The van der Waals surface area contributed by atoms with Crippen molar-refractivity contribution in [1.29, 1.82) is 0 Å². The Labute approximate surface area is 175 Å². The van der Waals surface area contributed by atoms with Gasteiger partial charge in [-0.1, -0.05) is 46.8 Å². The van der Waals surface area contributed by atoms with Crippen molar-refractivity contribution in [3.63, 3.8) is 0 Å². The number of carbonyl (C=O) groups excluding carboxylic acids is 2. The summed E-state index contributed by atoms with van der Waals surface area (Å²) in [6.45, 7) is 0.944. The third-order valence-corrected chi connectivity index (χ3v) is 5.81. The molecule has 150 valence electrons. The molecule has 0 fully saturated rings. The Morgan fingerprint density at radius 2 is 2.03 bits per heavy atom. The minimum Gasteiger partial charge on any atom is -0.472 e. The van der Waals surface area contributed by atoms with Crippen LogP contribution in [0, 0.1) is 0 Å². The van der Waals surface area contributed by atoms with Gasteiger partial charge >= 0.3 is 0 Å². The highest BCUT2D eigenvalue weighted by atomic mass is 32.1. The third kappa shape index (κ3) is 3.50. The molecule has 0 aliphatic carbocycles. The quantitative estimate of drug-likeness (QED) is 0.538. The van der Waals surface area contributed by atoms with Gasteiger partial charge in [0, 0.05) is 29.5 Å². The van der Waals surface area contributed by atoms with E-state index in [0.717, 1.165) is 16.1 Å². The van der Waals surface area contributed by atoms with Crippen LogP contribution in [0.15, 0.2) is 63.9 Å². The SMILES string of the molecule is O=C(Nc1nc2c(s1)CN(C(=O)c1cc(-c3ccccc3)on1)CC2)c1ccoc1. The van der Waals surface area contributed by atoms with Crippen LogP contribution in [0.1, 0.15) is 31.4 Å². The molecule has 30 heavy (non-hydrogen) atoms. The summed E-state index contributed by atoms with van der Waals surface area (Å²) < 4.78 is 10.3. The van der Waals surface area contributed by atoms with E-state index in [0.29, 0.717) is 36.0 Å². The number of carbonyl (C=O) groups is 2. The summed E-state index contributed by atoms with van der Waals surface area (Å²) in [5.41, 5.74) is 2.47. The maximum atomic E-state index is 12.9. The number of furan rings is 1. The maximum Gasteiger partial charge on any atom is 0.276 e. The van der Waals surface area contributed by atoms with Crippen LogP contribution in [0.2, 0.25) is 0 Å². The lowest BCUT2D eigenvalue weighted by Gasteiger charge is -2.25. The zero-order valence-electron chi connectivity index (χ0n) is 15.7. The van der Waals surface area contributed by atoms with Crippen molar-refractivity contribution in [3.05, 3.63) is 76.8 Å². The van der Waals surface area contributed by atoms with Crippen molar-refractivity contribution in [1.82, 2.24) is 15.0 Å². The average Bonchev–Trinajstić information content (AvgIpc) is 3.53. The van der Waals surface area contributed by atoms with Crippen molar-refractivity contribution < 1.29 is 18.5 Å². The molecule has 8 nitrogen and oxygen atoms in total. The highest BCUT2D eigenvalue weighted by Crippen LogP contribution is 2.30. The number of hydrogen-bond donors (Lipinski definition) is 1. The molecule has 0 spiro atoms. The smallest absolute Gasteiger partial charge is 0.276 e. The number of anilines is 1.